The average molecular weight is 348 g/mol. The van der Waals surface area contributed by atoms with Crippen LogP contribution in [0.2, 0.25) is 0 Å². The molecule has 1 heterocycles. The molecule has 0 aliphatic carbocycles. The second kappa shape index (κ2) is 8.56. The Morgan fingerprint density at radius 3 is 2.16 bits per heavy atom. The molecule has 1 amide bonds. The highest BCUT2D eigenvalue weighted by molar-refractivity contribution is 5.81. The Morgan fingerprint density at radius 2 is 1.64 bits per heavy atom. The average Bonchev–Trinajstić information content (AvgIpc) is 2.60. The van der Waals surface area contributed by atoms with Crippen LogP contribution >= 0.6 is 0 Å². The standard InChI is InChI=1S/C20H32N2O3/c1-16(25-18-8-6-17(24-5)7-9-18)19(23)22-14-12-21(13-15-22)11-10-20(2,3)4/h6-9,16H,10-15H2,1-5H3. The molecule has 0 aromatic heterocycles. The minimum Gasteiger partial charge on any atom is -0.497 e. The van der Waals surface area contributed by atoms with E-state index in [1.807, 2.05) is 36.1 Å². The van der Waals surface area contributed by atoms with Gasteiger partial charge in [-0.25, -0.2) is 0 Å². The summed E-state index contributed by atoms with van der Waals surface area (Å²) >= 11 is 0. The van der Waals surface area contributed by atoms with Crippen LogP contribution in [0.4, 0.5) is 0 Å². The fraction of sp³-hybridized carbons (Fsp3) is 0.650. The molecule has 1 aromatic rings. The van der Waals surface area contributed by atoms with Gasteiger partial charge in [0, 0.05) is 26.2 Å². The fourth-order valence-electron chi connectivity index (χ4n) is 2.85. The summed E-state index contributed by atoms with van der Waals surface area (Å²) in [6, 6.07) is 7.32. The normalized spacial score (nSPS) is 17.2. The monoisotopic (exact) mass is 348 g/mol. The van der Waals surface area contributed by atoms with Crippen LogP contribution in [0.15, 0.2) is 24.3 Å². The molecule has 0 bridgehead atoms. The zero-order valence-electron chi connectivity index (χ0n) is 16.2. The molecular weight excluding hydrogens is 316 g/mol. The van der Waals surface area contributed by atoms with Crippen LogP contribution in [0.5, 0.6) is 11.5 Å². The van der Waals surface area contributed by atoms with Crippen LogP contribution in [-0.4, -0.2) is 61.6 Å². The lowest BCUT2D eigenvalue weighted by molar-refractivity contribution is -0.139. The quantitative estimate of drug-likeness (QED) is 0.792. The van der Waals surface area contributed by atoms with E-state index in [-0.39, 0.29) is 5.91 Å². The van der Waals surface area contributed by atoms with Gasteiger partial charge < -0.3 is 14.4 Å². The number of carbonyl (C=O) groups excluding carboxylic acids is 1. The smallest absolute Gasteiger partial charge is 0.263 e. The maximum Gasteiger partial charge on any atom is 0.263 e. The molecule has 25 heavy (non-hydrogen) atoms. The van der Waals surface area contributed by atoms with Crippen molar-refractivity contribution in [3.8, 4) is 11.5 Å². The van der Waals surface area contributed by atoms with Gasteiger partial charge in [-0.15, -0.1) is 0 Å². The molecule has 0 N–H and O–H groups in total. The number of benzene rings is 1. The van der Waals surface area contributed by atoms with E-state index in [4.69, 9.17) is 9.47 Å². The first-order valence-electron chi connectivity index (χ1n) is 9.10. The summed E-state index contributed by atoms with van der Waals surface area (Å²) in [4.78, 5) is 17.0. The number of hydrogen-bond donors (Lipinski definition) is 0. The highest BCUT2D eigenvalue weighted by Crippen LogP contribution is 2.20. The van der Waals surface area contributed by atoms with Crippen molar-refractivity contribution >= 4 is 5.91 Å². The van der Waals surface area contributed by atoms with E-state index in [0.717, 1.165) is 38.5 Å². The fourth-order valence-corrected chi connectivity index (χ4v) is 2.85. The molecule has 5 nitrogen and oxygen atoms in total. The summed E-state index contributed by atoms with van der Waals surface area (Å²) in [6.07, 6.45) is 0.701. The van der Waals surface area contributed by atoms with E-state index in [0.29, 0.717) is 11.2 Å². The summed E-state index contributed by atoms with van der Waals surface area (Å²) in [5.74, 6) is 1.52. The molecule has 0 saturated carbocycles. The SMILES string of the molecule is COc1ccc(OC(C)C(=O)N2CCN(CCC(C)(C)C)CC2)cc1. The van der Waals surface area contributed by atoms with Gasteiger partial charge in [-0.2, -0.15) is 0 Å². The van der Waals surface area contributed by atoms with Crippen molar-refractivity contribution in [1.82, 2.24) is 9.80 Å². The Bertz CT molecular complexity index is 543. The van der Waals surface area contributed by atoms with Crippen LogP contribution in [-0.2, 0) is 4.79 Å². The number of rotatable bonds is 6. The lowest BCUT2D eigenvalue weighted by Gasteiger charge is -2.36. The van der Waals surface area contributed by atoms with Gasteiger partial charge in [0.05, 0.1) is 7.11 Å². The first kappa shape index (κ1) is 19.6. The summed E-state index contributed by atoms with van der Waals surface area (Å²) in [6.45, 7) is 13.2. The number of carbonyl (C=O) groups is 1. The number of piperazine rings is 1. The Hall–Kier alpha value is -1.75. The molecule has 1 unspecified atom stereocenters. The molecule has 2 rings (SSSR count). The van der Waals surface area contributed by atoms with Crippen molar-refractivity contribution < 1.29 is 14.3 Å². The molecule has 5 heteroatoms. The zero-order chi connectivity index (χ0) is 18.4. The topological polar surface area (TPSA) is 42.0 Å². The lowest BCUT2D eigenvalue weighted by atomic mass is 9.92. The summed E-state index contributed by atoms with van der Waals surface area (Å²) in [5, 5.41) is 0. The third-order valence-electron chi connectivity index (χ3n) is 4.58. The number of methoxy groups -OCH3 is 1. The van der Waals surface area contributed by atoms with Crippen LogP contribution in [0.25, 0.3) is 0 Å². The summed E-state index contributed by atoms with van der Waals surface area (Å²) in [7, 11) is 1.63. The molecule has 0 spiro atoms. The van der Waals surface area contributed by atoms with Crippen molar-refractivity contribution in [2.45, 2.75) is 40.2 Å². The molecule has 140 valence electrons. The Morgan fingerprint density at radius 1 is 1.08 bits per heavy atom. The van der Waals surface area contributed by atoms with Crippen molar-refractivity contribution in [2.24, 2.45) is 5.41 Å². The van der Waals surface area contributed by atoms with E-state index in [9.17, 15) is 4.79 Å². The van der Waals surface area contributed by atoms with Gasteiger partial charge in [-0.3, -0.25) is 9.69 Å². The van der Waals surface area contributed by atoms with E-state index in [1.54, 1.807) is 7.11 Å². The maximum absolute atomic E-state index is 12.6. The number of ether oxygens (including phenoxy) is 2. The number of nitrogens with zero attached hydrogens (tertiary/aromatic N) is 2. The Balaban J connectivity index is 1.78. The molecule has 1 aromatic carbocycles. The predicted molar refractivity (Wildman–Crippen MR) is 100 cm³/mol. The van der Waals surface area contributed by atoms with Gasteiger partial charge in [0.15, 0.2) is 6.10 Å². The molecule has 1 atom stereocenters. The Kier molecular flexibility index (Phi) is 6.71. The van der Waals surface area contributed by atoms with E-state index in [2.05, 4.69) is 25.7 Å². The highest BCUT2D eigenvalue weighted by Gasteiger charge is 2.26. The molecular formula is C20H32N2O3. The summed E-state index contributed by atoms with van der Waals surface area (Å²) < 4.78 is 10.9. The van der Waals surface area contributed by atoms with Crippen molar-refractivity contribution in [1.29, 1.82) is 0 Å². The van der Waals surface area contributed by atoms with Gasteiger partial charge in [-0.1, -0.05) is 20.8 Å². The van der Waals surface area contributed by atoms with Gasteiger partial charge >= 0.3 is 0 Å². The van der Waals surface area contributed by atoms with Gasteiger partial charge in [0.25, 0.3) is 5.91 Å². The van der Waals surface area contributed by atoms with Gasteiger partial charge in [0.1, 0.15) is 11.5 Å². The second-order valence-corrected chi connectivity index (χ2v) is 7.91. The maximum atomic E-state index is 12.6. The second-order valence-electron chi connectivity index (χ2n) is 7.91. The molecule has 1 aliphatic heterocycles. The van der Waals surface area contributed by atoms with Crippen LogP contribution < -0.4 is 9.47 Å². The van der Waals surface area contributed by atoms with Gasteiger partial charge in [-0.05, 0) is 49.6 Å². The van der Waals surface area contributed by atoms with Crippen molar-refractivity contribution in [3.05, 3.63) is 24.3 Å². The highest BCUT2D eigenvalue weighted by atomic mass is 16.5. The molecule has 1 aliphatic rings. The van der Waals surface area contributed by atoms with Gasteiger partial charge in [0.2, 0.25) is 0 Å². The first-order chi connectivity index (χ1) is 11.8. The third-order valence-corrected chi connectivity index (χ3v) is 4.58. The van der Waals surface area contributed by atoms with E-state index in [1.165, 1.54) is 6.42 Å². The van der Waals surface area contributed by atoms with Crippen molar-refractivity contribution in [2.75, 3.05) is 39.8 Å². The largest absolute Gasteiger partial charge is 0.497 e. The van der Waals surface area contributed by atoms with Crippen LogP contribution in [0, 0.1) is 5.41 Å². The minimum absolute atomic E-state index is 0.0614. The minimum atomic E-state index is -0.477. The van der Waals surface area contributed by atoms with Crippen LogP contribution in [0.3, 0.4) is 0 Å². The Labute approximate surface area is 151 Å². The molecule has 0 radical (unpaired) electrons. The molecule has 1 fully saturated rings. The van der Waals surface area contributed by atoms with E-state index >= 15 is 0 Å². The third kappa shape index (κ3) is 6.24. The van der Waals surface area contributed by atoms with Crippen molar-refractivity contribution in [3.63, 3.8) is 0 Å². The number of hydrogen-bond acceptors (Lipinski definition) is 4. The summed E-state index contributed by atoms with van der Waals surface area (Å²) in [5.41, 5.74) is 0.355. The predicted octanol–water partition coefficient (Wildman–Crippen LogP) is 3.04. The molecule has 1 saturated heterocycles. The van der Waals surface area contributed by atoms with E-state index < -0.39 is 6.10 Å². The lowest BCUT2D eigenvalue weighted by Crippen LogP contribution is -2.52. The van der Waals surface area contributed by atoms with Crippen LogP contribution in [0.1, 0.15) is 34.1 Å². The number of amides is 1. The zero-order valence-corrected chi connectivity index (χ0v) is 16.2. The first-order valence-corrected chi connectivity index (χ1v) is 9.10.